The smallest absolute Gasteiger partial charge is 0.234 e. The number of hydrogen-bond donors (Lipinski definition) is 0. The van der Waals surface area contributed by atoms with Crippen molar-refractivity contribution in [3.8, 4) is 0 Å². The minimum atomic E-state index is -1.20. The highest BCUT2D eigenvalue weighted by Gasteiger charge is 2.08. The predicted octanol–water partition coefficient (Wildman–Crippen LogP) is -0.415. The topological polar surface area (TPSA) is 99.0 Å². The summed E-state index contributed by atoms with van der Waals surface area (Å²) in [6.45, 7) is 0.324. The van der Waals surface area contributed by atoms with E-state index in [-0.39, 0.29) is 6.54 Å². The zero-order valence-corrected chi connectivity index (χ0v) is 8.85. The van der Waals surface area contributed by atoms with E-state index in [4.69, 9.17) is 0 Å². The summed E-state index contributed by atoms with van der Waals surface area (Å²) in [5.74, 6) is -1.94. The molecule has 6 nitrogen and oxygen atoms in total. The van der Waals surface area contributed by atoms with Crippen molar-refractivity contribution in [2.75, 3.05) is 13.1 Å². The Balaban J connectivity index is 3.71. The van der Waals surface area contributed by atoms with Crippen molar-refractivity contribution in [3.63, 3.8) is 0 Å². The van der Waals surface area contributed by atoms with Gasteiger partial charge in [-0.25, -0.2) is 19.6 Å². The maximum absolute atomic E-state index is 10.6. The van der Waals surface area contributed by atoms with Crippen molar-refractivity contribution in [1.82, 2.24) is 0 Å². The third kappa shape index (κ3) is 7.62. The minimum absolute atomic E-state index is 0.0850. The lowest BCUT2D eigenvalue weighted by atomic mass is 10.0. The number of carboxylic acids is 1. The van der Waals surface area contributed by atoms with Crippen molar-refractivity contribution in [2.24, 2.45) is 15.9 Å². The molecule has 0 fully saturated rings. The number of nitrogens with zero attached hydrogens (tertiary/aromatic N) is 2. The van der Waals surface area contributed by atoms with Gasteiger partial charge in [0.2, 0.25) is 12.2 Å². The van der Waals surface area contributed by atoms with Crippen LogP contribution in [0, 0.1) is 5.92 Å². The van der Waals surface area contributed by atoms with E-state index in [1.54, 1.807) is 0 Å². The number of carbonyl (C=O) groups excluding carboxylic acids is 3. The molecule has 0 bridgehead atoms. The molecule has 0 heterocycles. The number of unbranched alkanes of at least 4 members (excludes halogenated alkanes) is 2. The molecule has 0 N–H and O–H groups in total. The van der Waals surface area contributed by atoms with Gasteiger partial charge in [0.25, 0.3) is 0 Å². The van der Waals surface area contributed by atoms with Crippen molar-refractivity contribution in [3.05, 3.63) is 0 Å². The highest BCUT2D eigenvalue weighted by atomic mass is 16.4. The van der Waals surface area contributed by atoms with Crippen LogP contribution in [0.15, 0.2) is 9.98 Å². The van der Waals surface area contributed by atoms with Crippen LogP contribution in [-0.2, 0) is 14.4 Å². The molecular formula is C10H13N2O4-. The molecule has 0 spiro atoms. The summed E-state index contributed by atoms with van der Waals surface area (Å²) in [5.41, 5.74) is 0. The van der Waals surface area contributed by atoms with Crippen LogP contribution in [0.5, 0.6) is 0 Å². The molecule has 0 aromatic heterocycles. The largest absolute Gasteiger partial charge is 0.550 e. The molecule has 16 heavy (non-hydrogen) atoms. The van der Waals surface area contributed by atoms with Gasteiger partial charge in [0.05, 0.1) is 13.1 Å². The summed E-state index contributed by atoms with van der Waals surface area (Å²) >= 11 is 0. The summed E-state index contributed by atoms with van der Waals surface area (Å²) in [4.78, 5) is 36.7. The van der Waals surface area contributed by atoms with Crippen LogP contribution in [0.25, 0.3) is 0 Å². The van der Waals surface area contributed by atoms with Crippen LogP contribution in [-0.4, -0.2) is 31.2 Å². The van der Waals surface area contributed by atoms with E-state index in [2.05, 4.69) is 9.98 Å². The second kappa shape index (κ2) is 9.77. The molecule has 0 amide bonds. The van der Waals surface area contributed by atoms with Crippen molar-refractivity contribution in [1.29, 1.82) is 0 Å². The van der Waals surface area contributed by atoms with E-state index in [9.17, 15) is 19.5 Å². The van der Waals surface area contributed by atoms with Crippen molar-refractivity contribution >= 4 is 18.1 Å². The molecule has 0 saturated carbocycles. The fourth-order valence-corrected chi connectivity index (χ4v) is 1.24. The molecule has 0 aromatic carbocycles. The van der Waals surface area contributed by atoms with E-state index in [0.29, 0.717) is 25.8 Å². The first-order chi connectivity index (χ1) is 7.72. The van der Waals surface area contributed by atoms with E-state index >= 15 is 0 Å². The average Bonchev–Trinajstić information content (AvgIpc) is 2.26. The Bertz CT molecular complexity index is 304. The van der Waals surface area contributed by atoms with E-state index < -0.39 is 11.9 Å². The van der Waals surface area contributed by atoms with Gasteiger partial charge in [0.1, 0.15) is 0 Å². The van der Waals surface area contributed by atoms with Gasteiger partial charge < -0.3 is 9.90 Å². The van der Waals surface area contributed by atoms with E-state index in [1.165, 1.54) is 12.2 Å². The highest BCUT2D eigenvalue weighted by molar-refractivity contribution is 5.68. The molecule has 1 atom stereocenters. The number of isocyanates is 2. The van der Waals surface area contributed by atoms with Gasteiger partial charge in [-0.3, -0.25) is 0 Å². The molecule has 1 unspecified atom stereocenters. The molecular weight excluding hydrogens is 212 g/mol. The monoisotopic (exact) mass is 225 g/mol. The van der Waals surface area contributed by atoms with Gasteiger partial charge in [-0.2, -0.15) is 0 Å². The van der Waals surface area contributed by atoms with E-state index in [1.807, 2.05) is 0 Å². The van der Waals surface area contributed by atoms with E-state index in [0.717, 1.165) is 6.42 Å². The number of hydrogen-bond acceptors (Lipinski definition) is 6. The summed E-state index contributed by atoms with van der Waals surface area (Å²) in [6.07, 6.45) is 5.27. The number of aliphatic carboxylic acids is 1. The number of aliphatic imine (C=N–C) groups is 2. The third-order valence-electron chi connectivity index (χ3n) is 2.10. The second-order valence-corrected chi connectivity index (χ2v) is 3.27. The number of carboxylic acid groups (broad SMARTS) is 1. The quantitative estimate of drug-likeness (QED) is 0.302. The zero-order valence-electron chi connectivity index (χ0n) is 8.85. The van der Waals surface area contributed by atoms with Crippen LogP contribution in [0.2, 0.25) is 0 Å². The first-order valence-electron chi connectivity index (χ1n) is 5.00. The lowest BCUT2D eigenvalue weighted by Gasteiger charge is -2.14. The summed E-state index contributed by atoms with van der Waals surface area (Å²) < 4.78 is 0. The normalized spacial score (nSPS) is 11.0. The van der Waals surface area contributed by atoms with Gasteiger partial charge in [-0.15, -0.1) is 0 Å². The minimum Gasteiger partial charge on any atom is -0.550 e. The molecule has 0 radical (unpaired) electrons. The third-order valence-corrected chi connectivity index (χ3v) is 2.10. The van der Waals surface area contributed by atoms with Crippen molar-refractivity contribution in [2.45, 2.75) is 25.7 Å². The van der Waals surface area contributed by atoms with Crippen LogP contribution in [0.3, 0.4) is 0 Å². The molecule has 0 aliphatic carbocycles. The fourth-order valence-electron chi connectivity index (χ4n) is 1.24. The zero-order chi connectivity index (χ0) is 12.2. The van der Waals surface area contributed by atoms with Gasteiger partial charge in [0.15, 0.2) is 0 Å². The fraction of sp³-hybridized carbons (Fsp3) is 0.700. The second-order valence-electron chi connectivity index (χ2n) is 3.27. The SMILES string of the molecule is O=C=NCCCCCC(CN=C=O)C(=O)[O-]. The first-order valence-corrected chi connectivity index (χ1v) is 5.00. The van der Waals surface area contributed by atoms with Gasteiger partial charge in [-0.05, 0) is 12.8 Å². The predicted molar refractivity (Wildman–Crippen MR) is 52.9 cm³/mol. The Kier molecular flexibility index (Phi) is 8.69. The Labute approximate surface area is 93.1 Å². The van der Waals surface area contributed by atoms with Gasteiger partial charge >= 0.3 is 0 Å². The molecule has 0 aliphatic rings. The van der Waals surface area contributed by atoms with Crippen LogP contribution < -0.4 is 5.11 Å². The Morgan fingerprint density at radius 1 is 1.12 bits per heavy atom. The lowest BCUT2D eigenvalue weighted by Crippen LogP contribution is -2.33. The van der Waals surface area contributed by atoms with Gasteiger partial charge in [0, 0.05) is 11.9 Å². The maximum Gasteiger partial charge on any atom is 0.234 e. The Hall–Kier alpha value is -1.77. The molecule has 88 valence electrons. The Morgan fingerprint density at radius 2 is 1.81 bits per heavy atom. The number of carbonyl (C=O) groups is 1. The Morgan fingerprint density at radius 3 is 2.38 bits per heavy atom. The molecule has 0 aliphatic heterocycles. The van der Waals surface area contributed by atoms with Crippen molar-refractivity contribution < 1.29 is 19.5 Å². The molecule has 6 heteroatoms. The molecule has 0 saturated heterocycles. The summed E-state index contributed by atoms with van der Waals surface area (Å²) in [5, 5.41) is 10.6. The van der Waals surface area contributed by atoms with Crippen LogP contribution >= 0.6 is 0 Å². The van der Waals surface area contributed by atoms with Gasteiger partial charge in [-0.1, -0.05) is 12.8 Å². The first kappa shape index (κ1) is 14.2. The number of rotatable bonds is 9. The lowest BCUT2D eigenvalue weighted by molar-refractivity contribution is -0.311. The average molecular weight is 225 g/mol. The summed E-state index contributed by atoms with van der Waals surface area (Å²) in [6, 6.07) is 0. The standard InChI is InChI=1S/C10H14N2O4/c13-7-11-5-3-1-2-4-9(10(15)16)6-12-8-14/h9H,1-6H2,(H,15,16)/p-1. The maximum atomic E-state index is 10.6. The van der Waals surface area contributed by atoms with Crippen LogP contribution in [0.4, 0.5) is 0 Å². The molecule has 0 rings (SSSR count). The molecule has 0 aromatic rings. The summed E-state index contributed by atoms with van der Waals surface area (Å²) in [7, 11) is 0. The van der Waals surface area contributed by atoms with Crippen LogP contribution in [0.1, 0.15) is 25.7 Å². The highest BCUT2D eigenvalue weighted by Crippen LogP contribution is 2.09.